The molecule has 1 amide bonds. The van der Waals surface area contributed by atoms with Crippen LogP contribution in [-0.4, -0.2) is 33.5 Å². The second kappa shape index (κ2) is 9.40. The smallest absolute Gasteiger partial charge is 0.255 e. The first-order valence-electron chi connectivity index (χ1n) is 8.99. The van der Waals surface area contributed by atoms with E-state index in [0.29, 0.717) is 17.3 Å². The lowest BCUT2D eigenvalue weighted by atomic mass is 10.2. The fourth-order valence-corrected chi connectivity index (χ4v) is 3.73. The number of carbonyl (C=O) groups excluding carboxylic acids is 1. The van der Waals surface area contributed by atoms with E-state index in [1.807, 2.05) is 24.3 Å². The van der Waals surface area contributed by atoms with Crippen LogP contribution in [0.2, 0.25) is 0 Å². The molecule has 2 aromatic rings. The first kappa shape index (κ1) is 21.5. The summed E-state index contributed by atoms with van der Waals surface area (Å²) in [6, 6.07) is 13.7. The molecule has 28 heavy (non-hydrogen) atoms. The van der Waals surface area contributed by atoms with Crippen molar-refractivity contribution in [2.45, 2.75) is 31.7 Å². The molecular formula is C21H25N3O3S. The van der Waals surface area contributed by atoms with Crippen LogP contribution in [-0.2, 0) is 10.0 Å². The molecule has 0 spiro atoms. The number of nitrogens with zero attached hydrogens (tertiary/aromatic N) is 1. The number of sulfonamides is 1. The van der Waals surface area contributed by atoms with Crippen molar-refractivity contribution in [3.63, 3.8) is 0 Å². The molecule has 0 fully saturated rings. The van der Waals surface area contributed by atoms with Crippen molar-refractivity contribution in [3.05, 3.63) is 54.1 Å². The Morgan fingerprint density at radius 2 is 1.71 bits per heavy atom. The molecule has 0 bridgehead atoms. The molecule has 7 heteroatoms. The molecule has 148 valence electrons. The van der Waals surface area contributed by atoms with Crippen molar-refractivity contribution in [2.24, 2.45) is 0 Å². The number of hydrogen-bond acceptors (Lipinski definition) is 4. The molecule has 0 aromatic heterocycles. The van der Waals surface area contributed by atoms with Crippen molar-refractivity contribution >= 4 is 27.3 Å². The summed E-state index contributed by atoms with van der Waals surface area (Å²) in [6.45, 7) is 7.17. The number of terminal acetylenes is 1. The van der Waals surface area contributed by atoms with Gasteiger partial charge in [-0.05, 0) is 69.3 Å². The van der Waals surface area contributed by atoms with Crippen LogP contribution in [0.3, 0.4) is 0 Å². The van der Waals surface area contributed by atoms with Crippen LogP contribution in [0.25, 0.3) is 0 Å². The minimum Gasteiger partial charge on any atom is -0.369 e. The fourth-order valence-electron chi connectivity index (χ4n) is 2.79. The van der Waals surface area contributed by atoms with E-state index in [-0.39, 0.29) is 17.3 Å². The number of hydrogen-bond donors (Lipinski definition) is 2. The van der Waals surface area contributed by atoms with Gasteiger partial charge in [-0.2, -0.15) is 4.72 Å². The molecule has 0 saturated carbocycles. The number of rotatable bonds is 8. The highest BCUT2D eigenvalue weighted by molar-refractivity contribution is 7.89. The van der Waals surface area contributed by atoms with Gasteiger partial charge in [0.1, 0.15) is 0 Å². The molecule has 0 unspecified atom stereocenters. The van der Waals surface area contributed by atoms with Crippen LogP contribution in [0.1, 0.15) is 31.1 Å². The van der Waals surface area contributed by atoms with E-state index >= 15 is 0 Å². The Morgan fingerprint density at radius 1 is 1.11 bits per heavy atom. The van der Waals surface area contributed by atoms with Crippen LogP contribution in [0.4, 0.5) is 11.4 Å². The minimum atomic E-state index is -3.68. The Bertz CT molecular complexity index is 944. The Morgan fingerprint density at radius 3 is 2.21 bits per heavy atom. The summed E-state index contributed by atoms with van der Waals surface area (Å²) in [4.78, 5) is 14.7. The number of amides is 1. The van der Waals surface area contributed by atoms with Gasteiger partial charge in [-0.15, -0.1) is 6.42 Å². The summed E-state index contributed by atoms with van der Waals surface area (Å²) < 4.78 is 26.3. The van der Waals surface area contributed by atoms with Crippen molar-refractivity contribution in [3.8, 4) is 12.3 Å². The summed E-state index contributed by atoms with van der Waals surface area (Å²) in [5, 5.41) is 2.82. The highest BCUT2D eigenvalue weighted by Gasteiger charge is 2.14. The average Bonchev–Trinajstić information content (AvgIpc) is 2.68. The largest absolute Gasteiger partial charge is 0.369 e. The predicted molar refractivity (Wildman–Crippen MR) is 113 cm³/mol. The molecule has 6 nitrogen and oxygen atoms in total. The quantitative estimate of drug-likeness (QED) is 0.669. The fraction of sp³-hybridized carbons (Fsp3) is 0.286. The van der Waals surface area contributed by atoms with Crippen molar-refractivity contribution < 1.29 is 13.2 Å². The Balaban J connectivity index is 2.08. The SMILES string of the molecule is C#CCNS(=O)(=O)c1ccc(C(=O)Nc2ccc(N(CC)C(C)C)cc2)cc1. The van der Waals surface area contributed by atoms with Crippen LogP contribution in [0.5, 0.6) is 0 Å². The van der Waals surface area contributed by atoms with Gasteiger partial charge in [-0.3, -0.25) is 4.79 Å². The minimum absolute atomic E-state index is 0.0528. The van der Waals surface area contributed by atoms with Gasteiger partial charge >= 0.3 is 0 Å². The van der Waals surface area contributed by atoms with Gasteiger partial charge in [0.2, 0.25) is 10.0 Å². The topological polar surface area (TPSA) is 78.5 Å². The van der Waals surface area contributed by atoms with Crippen LogP contribution in [0, 0.1) is 12.3 Å². The zero-order valence-corrected chi connectivity index (χ0v) is 17.1. The second-order valence-electron chi connectivity index (χ2n) is 6.43. The van der Waals surface area contributed by atoms with E-state index in [4.69, 9.17) is 6.42 Å². The van der Waals surface area contributed by atoms with Gasteiger partial charge in [-0.1, -0.05) is 5.92 Å². The Kier molecular flexibility index (Phi) is 7.21. The lowest BCUT2D eigenvalue weighted by Gasteiger charge is -2.27. The first-order chi connectivity index (χ1) is 13.3. The Hall–Kier alpha value is -2.82. The van der Waals surface area contributed by atoms with E-state index in [0.717, 1.165) is 12.2 Å². The highest BCUT2D eigenvalue weighted by Crippen LogP contribution is 2.20. The summed E-state index contributed by atoms with van der Waals surface area (Å²) in [7, 11) is -3.68. The first-order valence-corrected chi connectivity index (χ1v) is 10.5. The van der Waals surface area contributed by atoms with Gasteiger partial charge in [0.05, 0.1) is 11.4 Å². The predicted octanol–water partition coefficient (Wildman–Crippen LogP) is 3.09. The van der Waals surface area contributed by atoms with E-state index in [1.165, 1.54) is 24.3 Å². The lowest BCUT2D eigenvalue weighted by molar-refractivity contribution is 0.102. The maximum atomic E-state index is 12.4. The maximum absolute atomic E-state index is 12.4. The molecule has 0 aliphatic rings. The highest BCUT2D eigenvalue weighted by atomic mass is 32.2. The normalized spacial score (nSPS) is 11.1. The van der Waals surface area contributed by atoms with Gasteiger partial charge in [0.25, 0.3) is 5.91 Å². The van der Waals surface area contributed by atoms with E-state index in [1.54, 1.807) is 0 Å². The van der Waals surface area contributed by atoms with Gasteiger partial charge in [0, 0.05) is 29.5 Å². The van der Waals surface area contributed by atoms with E-state index < -0.39 is 10.0 Å². The standard InChI is InChI=1S/C21H25N3O3S/c1-5-15-22-28(26,27)20-13-7-17(8-14-20)21(25)23-18-9-11-19(12-10-18)24(6-2)16(3)4/h1,7-14,16,22H,6,15H2,2-4H3,(H,23,25). The zero-order chi connectivity index (χ0) is 20.7. The molecule has 0 radical (unpaired) electrons. The molecular weight excluding hydrogens is 374 g/mol. The third-order valence-corrected chi connectivity index (χ3v) is 5.63. The maximum Gasteiger partial charge on any atom is 0.255 e. The van der Waals surface area contributed by atoms with Crippen LogP contribution in [0.15, 0.2) is 53.4 Å². The van der Waals surface area contributed by atoms with Gasteiger partial charge in [-0.25, -0.2) is 8.42 Å². The van der Waals surface area contributed by atoms with E-state index in [2.05, 4.69) is 41.6 Å². The molecule has 0 atom stereocenters. The Labute approximate surface area is 167 Å². The van der Waals surface area contributed by atoms with Gasteiger partial charge in [0.15, 0.2) is 0 Å². The molecule has 2 rings (SSSR count). The lowest BCUT2D eigenvalue weighted by Crippen LogP contribution is -2.30. The van der Waals surface area contributed by atoms with Crippen LogP contribution < -0.4 is 14.9 Å². The number of benzene rings is 2. The molecule has 0 heterocycles. The van der Waals surface area contributed by atoms with Gasteiger partial charge < -0.3 is 10.2 Å². The molecule has 0 saturated heterocycles. The van der Waals surface area contributed by atoms with Crippen molar-refractivity contribution in [1.29, 1.82) is 0 Å². The molecule has 0 aliphatic carbocycles. The molecule has 2 N–H and O–H groups in total. The third kappa shape index (κ3) is 5.35. The zero-order valence-electron chi connectivity index (χ0n) is 16.3. The van der Waals surface area contributed by atoms with Crippen molar-refractivity contribution in [1.82, 2.24) is 4.72 Å². The summed E-state index contributed by atoms with van der Waals surface area (Å²) in [6.07, 6.45) is 5.07. The van der Waals surface area contributed by atoms with E-state index in [9.17, 15) is 13.2 Å². The number of nitrogens with one attached hydrogen (secondary N) is 2. The average molecular weight is 400 g/mol. The molecule has 0 aliphatic heterocycles. The second-order valence-corrected chi connectivity index (χ2v) is 8.20. The third-order valence-electron chi connectivity index (χ3n) is 4.21. The number of carbonyl (C=O) groups is 1. The monoisotopic (exact) mass is 399 g/mol. The van der Waals surface area contributed by atoms with Crippen LogP contribution >= 0.6 is 0 Å². The summed E-state index contributed by atoms with van der Waals surface area (Å²) in [5.41, 5.74) is 2.11. The summed E-state index contributed by atoms with van der Waals surface area (Å²) >= 11 is 0. The summed E-state index contributed by atoms with van der Waals surface area (Å²) in [5.74, 6) is 1.90. The number of anilines is 2. The molecule has 2 aromatic carbocycles. The van der Waals surface area contributed by atoms with Crippen molar-refractivity contribution in [2.75, 3.05) is 23.3 Å².